The fourth-order valence-electron chi connectivity index (χ4n) is 2.47. The molecule has 0 spiro atoms. The van der Waals surface area contributed by atoms with Crippen LogP contribution < -0.4 is 10.6 Å². The Morgan fingerprint density at radius 1 is 1.27 bits per heavy atom. The van der Waals surface area contributed by atoms with Crippen molar-refractivity contribution in [3.63, 3.8) is 0 Å². The Morgan fingerprint density at radius 2 is 1.95 bits per heavy atom. The van der Waals surface area contributed by atoms with Gasteiger partial charge < -0.3 is 10.6 Å². The molecule has 1 heterocycles. The van der Waals surface area contributed by atoms with E-state index in [0.29, 0.717) is 12.5 Å². The Hall–Kier alpha value is -1.27. The van der Waals surface area contributed by atoms with Crippen molar-refractivity contribution < 1.29 is 18.0 Å². The molecule has 0 aromatic heterocycles. The number of nitrogens with one attached hydrogen (secondary N) is 2. The molecule has 2 N–H and O–H groups in total. The van der Waals surface area contributed by atoms with Crippen molar-refractivity contribution in [2.24, 2.45) is 5.92 Å². The molecule has 22 heavy (non-hydrogen) atoms. The molecule has 7 heteroatoms. The molecule has 1 aliphatic heterocycles. The molecule has 2 rings (SSSR count). The number of halogens is 4. The van der Waals surface area contributed by atoms with Gasteiger partial charge in [-0.1, -0.05) is 0 Å². The average Bonchev–Trinajstić information content (AvgIpc) is 2.47. The van der Waals surface area contributed by atoms with Crippen LogP contribution >= 0.6 is 12.4 Å². The van der Waals surface area contributed by atoms with Crippen LogP contribution in [0.5, 0.6) is 0 Å². The highest BCUT2D eigenvalue weighted by atomic mass is 35.5. The van der Waals surface area contributed by atoms with Gasteiger partial charge in [0, 0.05) is 12.1 Å². The summed E-state index contributed by atoms with van der Waals surface area (Å²) in [6, 6.07) is 4.28. The number of carbonyl (C=O) groups is 1. The summed E-state index contributed by atoms with van der Waals surface area (Å²) < 4.78 is 37.3. The van der Waals surface area contributed by atoms with Crippen molar-refractivity contribution in [3.8, 4) is 0 Å². The Labute approximate surface area is 134 Å². The van der Waals surface area contributed by atoms with E-state index in [1.54, 1.807) is 0 Å². The van der Waals surface area contributed by atoms with Gasteiger partial charge in [0.25, 0.3) is 5.91 Å². The summed E-state index contributed by atoms with van der Waals surface area (Å²) in [4.78, 5) is 11.8. The maximum absolute atomic E-state index is 12.4. The van der Waals surface area contributed by atoms with E-state index in [0.717, 1.165) is 44.5 Å². The van der Waals surface area contributed by atoms with Crippen LogP contribution in [0.4, 0.5) is 13.2 Å². The van der Waals surface area contributed by atoms with Crippen LogP contribution in [0.1, 0.15) is 35.2 Å². The van der Waals surface area contributed by atoms with Crippen LogP contribution in [0, 0.1) is 5.92 Å². The molecule has 1 amide bonds. The second-order valence-electron chi connectivity index (χ2n) is 5.33. The maximum Gasteiger partial charge on any atom is 0.416 e. The third-order valence-corrected chi connectivity index (χ3v) is 3.71. The molecule has 1 aliphatic rings. The van der Waals surface area contributed by atoms with E-state index in [4.69, 9.17) is 0 Å². The number of alkyl halides is 3. The Balaban J connectivity index is 0.00000242. The Bertz CT molecular complexity index is 471. The number of rotatable bonds is 4. The lowest BCUT2D eigenvalue weighted by Crippen LogP contribution is -2.33. The normalized spacial score (nSPS) is 18.4. The second-order valence-corrected chi connectivity index (χ2v) is 5.33. The molecule has 124 valence electrons. The third-order valence-electron chi connectivity index (χ3n) is 3.71. The van der Waals surface area contributed by atoms with Gasteiger partial charge in [-0.3, -0.25) is 4.79 Å². The first kappa shape index (κ1) is 18.8. The predicted molar refractivity (Wildman–Crippen MR) is 81.2 cm³/mol. The van der Waals surface area contributed by atoms with E-state index >= 15 is 0 Å². The van der Waals surface area contributed by atoms with E-state index < -0.39 is 11.7 Å². The lowest BCUT2D eigenvalue weighted by atomic mass is 9.96. The smallest absolute Gasteiger partial charge is 0.352 e. The van der Waals surface area contributed by atoms with E-state index in [1.165, 1.54) is 12.1 Å². The van der Waals surface area contributed by atoms with Crippen LogP contribution in [0.15, 0.2) is 24.3 Å². The van der Waals surface area contributed by atoms with Gasteiger partial charge in [0.05, 0.1) is 5.56 Å². The Kier molecular flexibility index (Phi) is 7.16. The highest BCUT2D eigenvalue weighted by molar-refractivity contribution is 5.94. The van der Waals surface area contributed by atoms with Gasteiger partial charge in [-0.25, -0.2) is 0 Å². The van der Waals surface area contributed by atoms with Crippen molar-refractivity contribution in [1.82, 2.24) is 10.6 Å². The highest BCUT2D eigenvalue weighted by Crippen LogP contribution is 2.29. The second kappa shape index (κ2) is 8.39. The lowest BCUT2D eigenvalue weighted by molar-refractivity contribution is -0.137. The van der Waals surface area contributed by atoms with Gasteiger partial charge >= 0.3 is 6.18 Å². The third kappa shape index (κ3) is 5.50. The number of amides is 1. The van der Waals surface area contributed by atoms with E-state index in [2.05, 4.69) is 10.6 Å². The van der Waals surface area contributed by atoms with E-state index in [9.17, 15) is 18.0 Å². The predicted octanol–water partition coefficient (Wildman–Crippen LogP) is 3.25. The highest BCUT2D eigenvalue weighted by Gasteiger charge is 2.30. The largest absolute Gasteiger partial charge is 0.416 e. The van der Waals surface area contributed by atoms with Gasteiger partial charge in [0.1, 0.15) is 0 Å². The number of carbonyl (C=O) groups excluding carboxylic acids is 1. The maximum atomic E-state index is 12.4. The van der Waals surface area contributed by atoms with Crippen LogP contribution in [-0.4, -0.2) is 25.5 Å². The zero-order valence-electron chi connectivity index (χ0n) is 12.1. The zero-order chi connectivity index (χ0) is 15.3. The van der Waals surface area contributed by atoms with Gasteiger partial charge in [-0.15, -0.1) is 12.4 Å². The molecule has 1 unspecified atom stereocenters. The lowest BCUT2D eigenvalue weighted by Gasteiger charge is -2.22. The van der Waals surface area contributed by atoms with E-state index in [-0.39, 0.29) is 23.9 Å². The van der Waals surface area contributed by atoms with Crippen molar-refractivity contribution in [2.75, 3.05) is 19.6 Å². The van der Waals surface area contributed by atoms with Crippen molar-refractivity contribution in [3.05, 3.63) is 35.4 Å². The van der Waals surface area contributed by atoms with Gasteiger partial charge in [-0.05, 0) is 62.5 Å². The summed E-state index contributed by atoms with van der Waals surface area (Å²) in [6.45, 7) is 2.57. The first-order chi connectivity index (χ1) is 9.97. The molecule has 1 saturated heterocycles. The molecule has 0 saturated carbocycles. The monoisotopic (exact) mass is 336 g/mol. The topological polar surface area (TPSA) is 41.1 Å². The summed E-state index contributed by atoms with van der Waals surface area (Å²) >= 11 is 0. The summed E-state index contributed by atoms with van der Waals surface area (Å²) in [5.41, 5.74) is -0.489. The average molecular weight is 337 g/mol. The summed E-state index contributed by atoms with van der Waals surface area (Å²) in [7, 11) is 0. The van der Waals surface area contributed by atoms with Crippen molar-refractivity contribution >= 4 is 18.3 Å². The molecule has 0 aliphatic carbocycles. The SMILES string of the molecule is Cl.O=C(NCCC1CCCNC1)c1ccc(C(F)(F)F)cc1. The number of piperidine rings is 1. The zero-order valence-corrected chi connectivity index (χ0v) is 12.9. The van der Waals surface area contributed by atoms with Crippen molar-refractivity contribution in [1.29, 1.82) is 0 Å². The fraction of sp³-hybridized carbons (Fsp3) is 0.533. The van der Waals surface area contributed by atoms with Crippen LogP contribution in [0.25, 0.3) is 0 Å². The standard InChI is InChI=1S/C15H19F3N2O.ClH/c16-15(17,18)13-5-3-12(4-6-13)14(21)20-9-7-11-2-1-8-19-10-11;/h3-6,11,19H,1-2,7-10H2,(H,20,21);1H. The summed E-state index contributed by atoms with van der Waals surface area (Å²) in [5, 5.41) is 6.06. The van der Waals surface area contributed by atoms with Crippen LogP contribution in [0.3, 0.4) is 0 Å². The van der Waals surface area contributed by atoms with E-state index in [1.807, 2.05) is 0 Å². The Morgan fingerprint density at radius 3 is 2.50 bits per heavy atom. The summed E-state index contributed by atoms with van der Waals surface area (Å²) in [6.07, 6.45) is -1.18. The first-order valence-corrected chi connectivity index (χ1v) is 7.13. The molecule has 0 bridgehead atoms. The van der Waals surface area contributed by atoms with Gasteiger partial charge in [0.15, 0.2) is 0 Å². The molecular weight excluding hydrogens is 317 g/mol. The van der Waals surface area contributed by atoms with Crippen LogP contribution in [-0.2, 0) is 6.18 Å². The molecule has 3 nitrogen and oxygen atoms in total. The minimum Gasteiger partial charge on any atom is -0.352 e. The minimum absolute atomic E-state index is 0. The molecule has 0 radical (unpaired) electrons. The molecule has 1 aromatic carbocycles. The van der Waals surface area contributed by atoms with Crippen LogP contribution in [0.2, 0.25) is 0 Å². The number of hydrogen-bond donors (Lipinski definition) is 2. The van der Waals surface area contributed by atoms with Gasteiger partial charge in [0.2, 0.25) is 0 Å². The molecule has 1 fully saturated rings. The molecular formula is C15H20ClF3N2O. The summed E-state index contributed by atoms with van der Waals surface area (Å²) in [5.74, 6) is 0.235. The quantitative estimate of drug-likeness (QED) is 0.886. The number of benzene rings is 1. The molecule has 1 aromatic rings. The van der Waals surface area contributed by atoms with Gasteiger partial charge in [-0.2, -0.15) is 13.2 Å². The first-order valence-electron chi connectivity index (χ1n) is 7.13. The fourth-order valence-corrected chi connectivity index (χ4v) is 2.47. The number of hydrogen-bond acceptors (Lipinski definition) is 2. The minimum atomic E-state index is -4.37. The van der Waals surface area contributed by atoms with Crippen molar-refractivity contribution in [2.45, 2.75) is 25.4 Å². The molecule has 1 atom stereocenters.